The summed E-state index contributed by atoms with van der Waals surface area (Å²) < 4.78 is 14.1. The number of nitrogens with zero attached hydrogens (tertiary/aromatic N) is 1. The Labute approximate surface area is 175 Å². The van der Waals surface area contributed by atoms with Crippen LogP contribution in [0, 0.1) is 0 Å². The van der Waals surface area contributed by atoms with E-state index in [1.165, 1.54) is 5.56 Å². The number of nitrogens with one attached hydrogen (secondary N) is 1. The molecule has 6 heteroatoms. The Morgan fingerprint density at radius 2 is 1.83 bits per heavy atom. The first-order valence-corrected chi connectivity index (χ1v) is 13.5. The van der Waals surface area contributed by atoms with Gasteiger partial charge in [-0.3, -0.25) is 0 Å². The molecule has 1 aliphatic heterocycles. The molecule has 29 heavy (non-hydrogen) atoms. The van der Waals surface area contributed by atoms with Gasteiger partial charge in [0.2, 0.25) is 0 Å². The van der Waals surface area contributed by atoms with E-state index in [1.807, 2.05) is 39.0 Å². The molecule has 1 N–H and O–H groups in total. The van der Waals surface area contributed by atoms with Crippen LogP contribution in [-0.4, -0.2) is 37.7 Å². The fourth-order valence-electron chi connectivity index (χ4n) is 3.57. The third kappa shape index (κ3) is 4.44. The van der Waals surface area contributed by atoms with Crippen LogP contribution >= 0.6 is 0 Å². The number of hydrogen-bond acceptors (Lipinski definition) is 4. The maximum absolute atomic E-state index is 13.2. The van der Waals surface area contributed by atoms with Crippen molar-refractivity contribution in [2.75, 3.05) is 13.2 Å². The largest absolute Gasteiger partial charge is 0.443 e. The summed E-state index contributed by atoms with van der Waals surface area (Å²) in [6.07, 6.45) is 0.568. The quantitative estimate of drug-likeness (QED) is 0.659. The summed E-state index contributed by atoms with van der Waals surface area (Å²) in [5.41, 5.74) is 2.58. The van der Waals surface area contributed by atoms with E-state index in [-0.39, 0.29) is 17.2 Å². The lowest BCUT2D eigenvalue weighted by molar-refractivity contribution is 0.0534. The maximum Gasteiger partial charge on any atom is 0.419 e. The Morgan fingerprint density at radius 1 is 1.17 bits per heavy atom. The summed E-state index contributed by atoms with van der Waals surface area (Å²) in [6, 6.07) is 8.08. The summed E-state index contributed by atoms with van der Waals surface area (Å²) in [7, 11) is -1.90. The fraction of sp³-hybridized carbons (Fsp3) is 0.609. The average molecular weight is 417 g/mol. The third-order valence-corrected chi connectivity index (χ3v) is 10.6. The Kier molecular flexibility index (Phi) is 5.75. The number of hydrogen-bond donors (Lipinski definition) is 1. The van der Waals surface area contributed by atoms with E-state index in [2.05, 4.69) is 45.2 Å². The number of carbonyl (C=O) groups is 1. The van der Waals surface area contributed by atoms with Crippen molar-refractivity contribution in [1.82, 2.24) is 9.88 Å². The van der Waals surface area contributed by atoms with Gasteiger partial charge in [-0.2, -0.15) is 0 Å². The first-order valence-electron chi connectivity index (χ1n) is 10.5. The lowest BCUT2D eigenvalue weighted by atomic mass is 10.00. The van der Waals surface area contributed by atoms with E-state index in [9.17, 15) is 4.79 Å². The fourth-order valence-corrected chi connectivity index (χ4v) is 4.59. The second kappa shape index (κ2) is 7.56. The van der Waals surface area contributed by atoms with Crippen molar-refractivity contribution in [3.63, 3.8) is 0 Å². The summed E-state index contributed by atoms with van der Waals surface area (Å²) in [4.78, 5) is 13.2. The summed E-state index contributed by atoms with van der Waals surface area (Å²) in [5, 5.41) is 4.86. The van der Waals surface area contributed by atoms with Gasteiger partial charge in [0, 0.05) is 5.39 Å². The van der Waals surface area contributed by atoms with Crippen LogP contribution in [0.3, 0.4) is 0 Å². The first kappa shape index (κ1) is 22.1. The Hall–Kier alpha value is -1.63. The van der Waals surface area contributed by atoms with Gasteiger partial charge in [-0.05, 0) is 63.5 Å². The zero-order valence-electron chi connectivity index (χ0n) is 19.2. The molecule has 1 aliphatic rings. The van der Waals surface area contributed by atoms with Gasteiger partial charge in [0.1, 0.15) is 5.60 Å². The van der Waals surface area contributed by atoms with Gasteiger partial charge in [-0.15, -0.1) is 0 Å². The van der Waals surface area contributed by atoms with Gasteiger partial charge in [0.05, 0.1) is 23.9 Å². The van der Waals surface area contributed by atoms with Crippen molar-refractivity contribution in [2.24, 2.45) is 0 Å². The first-order chi connectivity index (χ1) is 13.3. The van der Waals surface area contributed by atoms with Crippen LogP contribution < -0.4 is 5.32 Å². The van der Waals surface area contributed by atoms with E-state index in [0.717, 1.165) is 29.6 Å². The molecule has 2 heterocycles. The number of rotatable bonds is 3. The minimum atomic E-state index is -1.90. The van der Waals surface area contributed by atoms with Crippen molar-refractivity contribution in [2.45, 2.75) is 77.7 Å². The number of fused-ring (bicyclic) bond motifs is 3. The second-order valence-electron chi connectivity index (χ2n) is 10.5. The van der Waals surface area contributed by atoms with Crippen molar-refractivity contribution in [3.05, 3.63) is 35.5 Å². The summed E-state index contributed by atoms with van der Waals surface area (Å²) in [5.74, 6) is 0. The predicted molar refractivity (Wildman–Crippen MR) is 121 cm³/mol. The van der Waals surface area contributed by atoms with Gasteiger partial charge in [-0.1, -0.05) is 39.0 Å². The molecular weight excluding hydrogens is 380 g/mol. The highest BCUT2D eigenvalue weighted by atomic mass is 28.4. The van der Waals surface area contributed by atoms with E-state index < -0.39 is 13.9 Å². The molecule has 160 valence electrons. The molecule has 5 nitrogen and oxygen atoms in total. The second-order valence-corrected chi connectivity index (χ2v) is 15.3. The van der Waals surface area contributed by atoms with E-state index >= 15 is 0 Å². The lowest BCUT2D eigenvalue weighted by Gasteiger charge is -2.38. The van der Waals surface area contributed by atoms with Gasteiger partial charge in [0.15, 0.2) is 8.32 Å². The minimum absolute atomic E-state index is 0.0345. The lowest BCUT2D eigenvalue weighted by Crippen LogP contribution is -2.44. The Bertz CT molecular complexity index is 903. The van der Waals surface area contributed by atoms with Crippen LogP contribution in [-0.2, 0) is 15.6 Å². The van der Waals surface area contributed by atoms with Crippen LogP contribution in [0.5, 0.6) is 0 Å². The highest BCUT2D eigenvalue weighted by molar-refractivity contribution is 6.74. The Morgan fingerprint density at radius 3 is 2.45 bits per heavy atom. The topological polar surface area (TPSA) is 52.5 Å². The highest BCUT2D eigenvalue weighted by Crippen LogP contribution is 2.39. The summed E-state index contributed by atoms with van der Waals surface area (Å²) in [6.45, 7) is 18.4. The molecule has 0 spiro atoms. The zero-order valence-corrected chi connectivity index (χ0v) is 20.2. The van der Waals surface area contributed by atoms with E-state index in [1.54, 1.807) is 4.57 Å². The number of ether oxygens (including phenoxy) is 1. The number of para-hydroxylation sites is 1. The third-order valence-electron chi connectivity index (χ3n) is 6.11. The van der Waals surface area contributed by atoms with E-state index in [0.29, 0.717) is 6.61 Å². The van der Waals surface area contributed by atoms with Crippen LogP contribution in [0.2, 0.25) is 18.1 Å². The molecule has 0 saturated carbocycles. The van der Waals surface area contributed by atoms with Gasteiger partial charge < -0.3 is 14.5 Å². The molecule has 0 saturated heterocycles. The molecule has 1 aromatic carbocycles. The molecule has 1 aromatic heterocycles. The number of benzene rings is 1. The monoisotopic (exact) mass is 416 g/mol. The number of aromatic nitrogens is 1. The van der Waals surface area contributed by atoms with Crippen molar-refractivity contribution in [1.29, 1.82) is 0 Å². The van der Waals surface area contributed by atoms with Crippen molar-refractivity contribution in [3.8, 4) is 0 Å². The average Bonchev–Trinajstić information content (AvgIpc) is 2.93. The Balaban J connectivity index is 2.04. The molecule has 0 aliphatic carbocycles. The molecule has 0 fully saturated rings. The molecule has 3 rings (SSSR count). The normalized spacial score (nSPS) is 18.0. The molecule has 0 amide bonds. The maximum atomic E-state index is 13.2. The van der Waals surface area contributed by atoms with Gasteiger partial charge in [0.25, 0.3) is 0 Å². The van der Waals surface area contributed by atoms with Gasteiger partial charge in [-0.25, -0.2) is 9.36 Å². The molecular formula is C23H36N2O3Si. The van der Waals surface area contributed by atoms with E-state index in [4.69, 9.17) is 9.16 Å². The van der Waals surface area contributed by atoms with Gasteiger partial charge >= 0.3 is 6.09 Å². The zero-order chi connectivity index (χ0) is 21.6. The van der Waals surface area contributed by atoms with Crippen LogP contribution in [0.4, 0.5) is 4.79 Å². The van der Waals surface area contributed by atoms with Crippen molar-refractivity contribution >= 4 is 25.3 Å². The molecule has 0 radical (unpaired) electrons. The minimum Gasteiger partial charge on any atom is -0.443 e. The van der Waals surface area contributed by atoms with Crippen LogP contribution in [0.15, 0.2) is 24.3 Å². The molecule has 2 aromatic rings. The molecule has 0 unspecified atom stereocenters. The van der Waals surface area contributed by atoms with Crippen molar-refractivity contribution < 1.29 is 14.0 Å². The highest BCUT2D eigenvalue weighted by Gasteiger charge is 2.39. The standard InChI is InChI=1S/C23H36N2O3Si/c1-22(2,3)28-21(26)25-19-12-10-9-11-16(19)17-13-14-24-18(20(17)25)15-27-29(7,8)23(4,5)6/h9-12,18,24H,13-15H2,1-8H3/t18-/m0/s1. The van der Waals surface area contributed by atoms with Crippen LogP contribution in [0.1, 0.15) is 58.8 Å². The SMILES string of the molecule is CC(C)(C)OC(=O)n1c2c(c3ccccc31)CCN[C@H]2CO[Si](C)(C)C(C)(C)C. The summed E-state index contributed by atoms with van der Waals surface area (Å²) >= 11 is 0. The predicted octanol–water partition coefficient (Wildman–Crippen LogP) is 5.63. The molecule has 0 bridgehead atoms. The number of carbonyl (C=O) groups excluding carboxylic acids is 1. The smallest absolute Gasteiger partial charge is 0.419 e. The van der Waals surface area contributed by atoms with Crippen LogP contribution in [0.25, 0.3) is 10.9 Å². The molecule has 1 atom stereocenters.